The first-order chi connectivity index (χ1) is 7.16. The van der Waals surface area contributed by atoms with Gasteiger partial charge in [-0.25, -0.2) is 4.98 Å². The summed E-state index contributed by atoms with van der Waals surface area (Å²) in [6.07, 6.45) is 4.47. The summed E-state index contributed by atoms with van der Waals surface area (Å²) in [4.78, 5) is 10.4. The largest absolute Gasteiger partial charge is 0.345 e. The van der Waals surface area contributed by atoms with E-state index in [1.807, 2.05) is 6.20 Å². The van der Waals surface area contributed by atoms with Gasteiger partial charge in [-0.1, -0.05) is 13.8 Å². The number of H-pyrrole nitrogens is 1. The van der Waals surface area contributed by atoms with Gasteiger partial charge in [0.05, 0.1) is 0 Å². The molecule has 1 aromatic heterocycles. The van der Waals surface area contributed by atoms with Crippen molar-refractivity contribution < 1.29 is 0 Å². The molecule has 0 aromatic carbocycles. The smallest absolute Gasteiger partial charge is 0.109 e. The van der Waals surface area contributed by atoms with E-state index in [0.717, 1.165) is 0 Å². The highest BCUT2D eigenvalue weighted by Gasteiger charge is 2.20. The number of piperidine rings is 1. The van der Waals surface area contributed by atoms with Crippen molar-refractivity contribution in [1.29, 1.82) is 0 Å². The quantitative estimate of drug-likeness (QED) is 0.807. The van der Waals surface area contributed by atoms with E-state index in [-0.39, 0.29) is 0 Å². The lowest BCUT2D eigenvalue weighted by Gasteiger charge is -2.27. The molecule has 0 unspecified atom stereocenters. The van der Waals surface area contributed by atoms with Crippen molar-refractivity contribution in [3.05, 3.63) is 17.7 Å². The van der Waals surface area contributed by atoms with E-state index < -0.39 is 0 Å². The Morgan fingerprint density at radius 3 is 2.60 bits per heavy atom. The predicted molar refractivity (Wildman–Crippen MR) is 62.1 cm³/mol. The molecule has 1 N–H and O–H groups in total. The first kappa shape index (κ1) is 10.7. The fraction of sp³-hybridized carbons (Fsp3) is 0.750. The Morgan fingerprint density at radius 2 is 2.07 bits per heavy atom. The van der Waals surface area contributed by atoms with Crippen molar-refractivity contribution in [2.75, 3.05) is 20.1 Å². The summed E-state index contributed by atoms with van der Waals surface area (Å²) in [5, 5.41) is 0. The number of imidazole rings is 1. The third-order valence-corrected chi connectivity index (χ3v) is 3.34. The van der Waals surface area contributed by atoms with Crippen molar-refractivity contribution in [2.45, 2.75) is 38.5 Å². The van der Waals surface area contributed by atoms with Crippen LogP contribution in [0.2, 0.25) is 0 Å². The number of likely N-dealkylation sites (tertiary alicyclic amines) is 1. The lowest BCUT2D eigenvalue weighted by Crippen LogP contribution is -2.29. The number of hydrogen-bond acceptors (Lipinski definition) is 2. The summed E-state index contributed by atoms with van der Waals surface area (Å²) in [5.74, 6) is 2.40. The Balaban J connectivity index is 2.03. The van der Waals surface area contributed by atoms with Crippen LogP contribution in [0.3, 0.4) is 0 Å². The molecule has 2 heterocycles. The van der Waals surface area contributed by atoms with Crippen LogP contribution in [-0.4, -0.2) is 35.0 Å². The molecule has 0 saturated carbocycles. The fourth-order valence-electron chi connectivity index (χ4n) is 2.13. The zero-order valence-electron chi connectivity index (χ0n) is 9.95. The highest BCUT2D eigenvalue weighted by atomic mass is 15.1. The molecular formula is C12H21N3. The molecule has 0 spiro atoms. The molecule has 0 atom stereocenters. The van der Waals surface area contributed by atoms with Gasteiger partial charge in [0, 0.05) is 17.8 Å². The van der Waals surface area contributed by atoms with E-state index in [1.165, 1.54) is 37.4 Å². The summed E-state index contributed by atoms with van der Waals surface area (Å²) in [6.45, 7) is 6.79. The van der Waals surface area contributed by atoms with Gasteiger partial charge in [-0.2, -0.15) is 0 Å². The molecule has 0 radical (unpaired) electrons. The van der Waals surface area contributed by atoms with Gasteiger partial charge in [-0.05, 0) is 38.9 Å². The number of nitrogens with zero attached hydrogens (tertiary/aromatic N) is 2. The van der Waals surface area contributed by atoms with Crippen molar-refractivity contribution in [3.63, 3.8) is 0 Å². The van der Waals surface area contributed by atoms with Gasteiger partial charge in [0.25, 0.3) is 0 Å². The van der Waals surface area contributed by atoms with Crippen LogP contribution >= 0.6 is 0 Å². The summed E-state index contributed by atoms with van der Waals surface area (Å²) in [5.41, 5.74) is 1.27. The van der Waals surface area contributed by atoms with Crippen molar-refractivity contribution >= 4 is 0 Å². The summed E-state index contributed by atoms with van der Waals surface area (Å²) < 4.78 is 0. The second-order valence-electron chi connectivity index (χ2n) is 4.96. The summed E-state index contributed by atoms with van der Waals surface area (Å²) in [6, 6.07) is 0. The third kappa shape index (κ3) is 2.40. The molecule has 0 aliphatic carbocycles. The van der Waals surface area contributed by atoms with Crippen LogP contribution in [0, 0.1) is 0 Å². The van der Waals surface area contributed by atoms with Gasteiger partial charge in [0.2, 0.25) is 0 Å². The average Bonchev–Trinajstić information content (AvgIpc) is 2.68. The molecule has 1 aliphatic heterocycles. The maximum Gasteiger partial charge on any atom is 0.109 e. The van der Waals surface area contributed by atoms with Crippen LogP contribution in [-0.2, 0) is 0 Å². The Hall–Kier alpha value is -0.830. The van der Waals surface area contributed by atoms with Crippen LogP contribution in [0.4, 0.5) is 0 Å². The van der Waals surface area contributed by atoms with Gasteiger partial charge in [-0.3, -0.25) is 0 Å². The summed E-state index contributed by atoms with van der Waals surface area (Å²) >= 11 is 0. The van der Waals surface area contributed by atoms with Crippen LogP contribution in [0.1, 0.15) is 50.0 Å². The Labute approximate surface area is 91.9 Å². The Bertz CT molecular complexity index is 308. The van der Waals surface area contributed by atoms with Gasteiger partial charge in [0.15, 0.2) is 0 Å². The van der Waals surface area contributed by atoms with Crippen molar-refractivity contribution in [2.24, 2.45) is 0 Å². The van der Waals surface area contributed by atoms with E-state index in [9.17, 15) is 0 Å². The summed E-state index contributed by atoms with van der Waals surface area (Å²) in [7, 11) is 2.19. The maximum absolute atomic E-state index is 4.51. The molecule has 2 rings (SSSR count). The lowest BCUT2D eigenvalue weighted by molar-refractivity contribution is 0.251. The lowest BCUT2D eigenvalue weighted by atomic mass is 9.96. The molecule has 15 heavy (non-hydrogen) atoms. The minimum atomic E-state index is 0.553. The monoisotopic (exact) mass is 207 g/mol. The minimum absolute atomic E-state index is 0.553. The van der Waals surface area contributed by atoms with Gasteiger partial charge >= 0.3 is 0 Å². The standard InChI is InChI=1S/C12H21N3/c1-9(2)11-8-13-12(14-11)10-4-6-15(3)7-5-10/h8-10H,4-7H2,1-3H3,(H,13,14). The topological polar surface area (TPSA) is 31.9 Å². The number of hydrogen-bond donors (Lipinski definition) is 1. The second-order valence-corrected chi connectivity index (χ2v) is 4.96. The Kier molecular flexibility index (Phi) is 3.10. The molecule has 3 nitrogen and oxygen atoms in total. The number of aromatic amines is 1. The third-order valence-electron chi connectivity index (χ3n) is 3.34. The van der Waals surface area contributed by atoms with E-state index in [1.54, 1.807) is 0 Å². The van der Waals surface area contributed by atoms with E-state index in [2.05, 4.69) is 35.8 Å². The van der Waals surface area contributed by atoms with Gasteiger partial charge < -0.3 is 9.88 Å². The van der Waals surface area contributed by atoms with Gasteiger partial charge in [-0.15, -0.1) is 0 Å². The molecule has 1 fully saturated rings. The molecule has 1 aromatic rings. The zero-order valence-corrected chi connectivity index (χ0v) is 9.95. The average molecular weight is 207 g/mol. The maximum atomic E-state index is 4.51. The van der Waals surface area contributed by atoms with Crippen LogP contribution in [0.15, 0.2) is 6.20 Å². The molecule has 84 valence electrons. The number of rotatable bonds is 2. The number of aromatic nitrogens is 2. The fourth-order valence-corrected chi connectivity index (χ4v) is 2.13. The van der Waals surface area contributed by atoms with E-state index in [4.69, 9.17) is 0 Å². The second kappa shape index (κ2) is 4.35. The van der Waals surface area contributed by atoms with Gasteiger partial charge in [0.1, 0.15) is 5.82 Å². The van der Waals surface area contributed by atoms with Crippen molar-refractivity contribution in [1.82, 2.24) is 14.9 Å². The van der Waals surface area contributed by atoms with Crippen LogP contribution < -0.4 is 0 Å². The van der Waals surface area contributed by atoms with Crippen molar-refractivity contribution in [3.8, 4) is 0 Å². The van der Waals surface area contributed by atoms with Crippen LogP contribution in [0.25, 0.3) is 0 Å². The highest BCUT2D eigenvalue weighted by molar-refractivity contribution is 5.09. The first-order valence-electron chi connectivity index (χ1n) is 5.90. The molecule has 0 bridgehead atoms. The van der Waals surface area contributed by atoms with Crippen LogP contribution in [0.5, 0.6) is 0 Å². The molecular weight excluding hydrogens is 186 g/mol. The van der Waals surface area contributed by atoms with E-state index >= 15 is 0 Å². The minimum Gasteiger partial charge on any atom is -0.345 e. The number of nitrogens with one attached hydrogen (secondary N) is 1. The molecule has 3 heteroatoms. The molecule has 1 saturated heterocycles. The highest BCUT2D eigenvalue weighted by Crippen LogP contribution is 2.26. The SMILES string of the molecule is CC(C)c1cnc(C2CCN(C)CC2)[nH]1. The Morgan fingerprint density at radius 1 is 1.40 bits per heavy atom. The zero-order chi connectivity index (χ0) is 10.8. The van der Waals surface area contributed by atoms with E-state index in [0.29, 0.717) is 11.8 Å². The first-order valence-corrected chi connectivity index (χ1v) is 5.90. The molecule has 0 amide bonds. The predicted octanol–water partition coefficient (Wildman–Crippen LogP) is 2.34. The molecule has 1 aliphatic rings. The normalized spacial score (nSPS) is 20.0.